The summed E-state index contributed by atoms with van der Waals surface area (Å²) in [5.74, 6) is -1.59. The van der Waals surface area contributed by atoms with Gasteiger partial charge in [0.25, 0.3) is 0 Å². The van der Waals surface area contributed by atoms with E-state index in [1.54, 1.807) is 0 Å². The van der Waals surface area contributed by atoms with Crippen molar-refractivity contribution in [2.45, 2.75) is 76.8 Å². The van der Waals surface area contributed by atoms with Crippen LogP contribution in [0.15, 0.2) is 24.3 Å². The molecule has 0 radical (unpaired) electrons. The van der Waals surface area contributed by atoms with Crippen LogP contribution in [0.2, 0.25) is 0 Å². The van der Waals surface area contributed by atoms with Crippen LogP contribution in [0, 0.1) is 5.92 Å². The number of fused-ring (bicyclic) bond motifs is 3. The number of nitrogens with one attached hydrogen (secondary N) is 1. The van der Waals surface area contributed by atoms with Gasteiger partial charge in [-0.1, -0.05) is 52.0 Å². The quantitative estimate of drug-likeness (QED) is 0.653. The highest BCUT2D eigenvalue weighted by molar-refractivity contribution is 7.81. The summed E-state index contributed by atoms with van der Waals surface area (Å²) < 4.78 is 0. The van der Waals surface area contributed by atoms with E-state index in [0.29, 0.717) is 12.8 Å². The topological polar surface area (TPSA) is 86.7 Å². The van der Waals surface area contributed by atoms with E-state index in [1.807, 2.05) is 52.0 Å². The molecule has 6 nitrogen and oxygen atoms in total. The molecule has 29 heavy (non-hydrogen) atoms. The Morgan fingerprint density at radius 2 is 1.86 bits per heavy atom. The van der Waals surface area contributed by atoms with E-state index < -0.39 is 23.3 Å². The molecule has 1 saturated heterocycles. The molecule has 3 unspecified atom stereocenters. The molecule has 0 aliphatic carbocycles. The van der Waals surface area contributed by atoms with Crippen LogP contribution in [0.3, 0.4) is 0 Å². The fourth-order valence-electron chi connectivity index (χ4n) is 4.06. The average Bonchev–Trinajstić information content (AvgIpc) is 2.84. The van der Waals surface area contributed by atoms with E-state index in [2.05, 4.69) is 17.9 Å². The van der Waals surface area contributed by atoms with Gasteiger partial charge in [-0.3, -0.25) is 9.59 Å². The number of thiol groups is 1. The molecular weight excluding hydrogens is 388 g/mol. The van der Waals surface area contributed by atoms with Crippen LogP contribution in [0.4, 0.5) is 0 Å². The van der Waals surface area contributed by atoms with Gasteiger partial charge in [-0.15, -0.1) is 0 Å². The molecule has 7 heteroatoms. The predicted molar refractivity (Wildman–Crippen MR) is 116 cm³/mol. The number of carboxylic acids is 1. The molecule has 0 bridgehead atoms. The molecule has 2 aliphatic rings. The van der Waals surface area contributed by atoms with Crippen molar-refractivity contribution in [1.29, 1.82) is 0 Å². The number of piperidine rings is 1. The summed E-state index contributed by atoms with van der Waals surface area (Å²) in [6.07, 6.45) is 2.28. The minimum absolute atomic E-state index is 0.0241. The van der Waals surface area contributed by atoms with Crippen molar-refractivity contribution < 1.29 is 19.5 Å². The molecule has 3 rings (SSSR count). The van der Waals surface area contributed by atoms with Gasteiger partial charge in [-0.25, -0.2) is 4.79 Å². The maximum atomic E-state index is 13.3. The molecule has 0 saturated carbocycles. The molecule has 1 aromatic carbocycles. The second-order valence-electron chi connectivity index (χ2n) is 7.70. The normalized spacial score (nSPS) is 24.4. The Kier molecular flexibility index (Phi) is 8.14. The monoisotopic (exact) mass is 420 g/mol. The number of carboxylic acid groups (broad SMARTS) is 1. The molecule has 0 aromatic heterocycles. The molecule has 2 N–H and O–H groups in total. The number of rotatable bonds is 4. The first-order valence-corrected chi connectivity index (χ1v) is 10.9. The second kappa shape index (κ2) is 10.1. The largest absolute Gasteiger partial charge is 0.480 e. The molecule has 1 fully saturated rings. The zero-order valence-electron chi connectivity index (χ0n) is 17.6. The lowest BCUT2D eigenvalue weighted by molar-refractivity contribution is -0.156. The molecule has 2 amide bonds. The zero-order chi connectivity index (χ0) is 21.7. The highest BCUT2D eigenvalue weighted by atomic mass is 32.1. The Balaban J connectivity index is 0.00000145. The Hall–Kier alpha value is -2.02. The number of nitrogens with zero attached hydrogens (tertiary/aromatic N) is 1. The van der Waals surface area contributed by atoms with E-state index in [0.717, 1.165) is 24.0 Å². The Morgan fingerprint density at radius 3 is 2.48 bits per heavy atom. The van der Waals surface area contributed by atoms with Crippen LogP contribution in [-0.4, -0.2) is 45.1 Å². The van der Waals surface area contributed by atoms with E-state index >= 15 is 0 Å². The van der Waals surface area contributed by atoms with E-state index in [9.17, 15) is 19.5 Å². The van der Waals surface area contributed by atoms with Crippen LogP contribution in [0.25, 0.3) is 0 Å². The number of carbonyl (C=O) groups excluding carboxylic acids is 2. The van der Waals surface area contributed by atoms with Crippen molar-refractivity contribution in [2.75, 3.05) is 0 Å². The van der Waals surface area contributed by atoms with Crippen LogP contribution in [0.5, 0.6) is 0 Å². The highest BCUT2D eigenvalue weighted by Crippen LogP contribution is 2.39. The standard InChI is InChI=1S/C20H26N2O4S.C2H6/c1-11(2)17(27)18(23)21-14-10-12-6-3-4-7-13(12)15-8-5-9-16(20(25)26)22(15)19(14)24;1-2/h3-4,6-7,11,14-17,27H,5,8-10H2,1-2H3,(H,21,23)(H,25,26);1-2H3/t14?,15?,16-,17?;/m0./s1. The van der Waals surface area contributed by atoms with Gasteiger partial charge >= 0.3 is 5.97 Å². The van der Waals surface area contributed by atoms with Gasteiger partial charge in [-0.05, 0) is 36.3 Å². The maximum absolute atomic E-state index is 13.3. The van der Waals surface area contributed by atoms with E-state index in [4.69, 9.17) is 0 Å². The Morgan fingerprint density at radius 1 is 1.21 bits per heavy atom. The van der Waals surface area contributed by atoms with Crippen LogP contribution in [-0.2, 0) is 20.8 Å². The van der Waals surface area contributed by atoms with Gasteiger partial charge in [0.05, 0.1) is 11.3 Å². The van der Waals surface area contributed by atoms with Crippen LogP contribution in [0.1, 0.15) is 64.1 Å². The first-order valence-electron chi connectivity index (χ1n) is 10.4. The average molecular weight is 421 g/mol. The molecule has 2 aliphatic heterocycles. The first-order chi connectivity index (χ1) is 13.8. The third kappa shape index (κ3) is 4.94. The number of benzene rings is 1. The van der Waals surface area contributed by atoms with Crippen LogP contribution < -0.4 is 5.32 Å². The highest BCUT2D eigenvalue weighted by Gasteiger charge is 2.44. The predicted octanol–water partition coefficient (Wildman–Crippen LogP) is 3.21. The fourth-order valence-corrected chi connectivity index (χ4v) is 4.13. The molecular formula is C22H32N2O4S. The van der Waals surface area contributed by atoms with Gasteiger partial charge < -0.3 is 15.3 Å². The van der Waals surface area contributed by atoms with Crippen LogP contribution >= 0.6 is 12.6 Å². The summed E-state index contributed by atoms with van der Waals surface area (Å²) in [7, 11) is 0. The van der Waals surface area contributed by atoms with Crippen molar-refractivity contribution in [2.24, 2.45) is 5.92 Å². The summed E-state index contributed by atoms with van der Waals surface area (Å²) in [4.78, 5) is 39.1. The summed E-state index contributed by atoms with van der Waals surface area (Å²) in [6, 6.07) is 5.83. The lowest BCUT2D eigenvalue weighted by Gasteiger charge is -2.40. The Bertz CT molecular complexity index is 752. The fraction of sp³-hybridized carbons (Fsp3) is 0.591. The summed E-state index contributed by atoms with van der Waals surface area (Å²) in [6.45, 7) is 7.78. The summed E-state index contributed by atoms with van der Waals surface area (Å²) in [5.41, 5.74) is 1.97. The third-order valence-corrected chi connectivity index (χ3v) is 6.35. The maximum Gasteiger partial charge on any atom is 0.326 e. The molecule has 2 heterocycles. The minimum atomic E-state index is -0.994. The van der Waals surface area contributed by atoms with Crippen molar-refractivity contribution in [3.8, 4) is 0 Å². The van der Waals surface area contributed by atoms with Gasteiger partial charge in [0.2, 0.25) is 11.8 Å². The number of carbonyl (C=O) groups is 3. The van der Waals surface area contributed by atoms with Crippen molar-refractivity contribution in [1.82, 2.24) is 10.2 Å². The van der Waals surface area contributed by atoms with E-state index in [1.165, 1.54) is 4.90 Å². The molecule has 160 valence electrons. The minimum Gasteiger partial charge on any atom is -0.480 e. The lowest BCUT2D eigenvalue weighted by atomic mass is 9.89. The molecule has 1 aromatic rings. The molecule has 4 atom stereocenters. The van der Waals surface area contributed by atoms with Gasteiger partial charge in [0.15, 0.2) is 0 Å². The SMILES string of the molecule is CC.CC(C)C(S)C(=O)NC1Cc2ccccc2C2CCC[C@@H](C(=O)O)N2C1=O. The second-order valence-corrected chi connectivity index (χ2v) is 8.26. The molecule has 0 spiro atoms. The van der Waals surface area contributed by atoms with Gasteiger partial charge in [0, 0.05) is 6.42 Å². The van der Waals surface area contributed by atoms with Crippen molar-refractivity contribution in [3.63, 3.8) is 0 Å². The summed E-state index contributed by atoms with van der Waals surface area (Å²) >= 11 is 4.34. The van der Waals surface area contributed by atoms with Crippen molar-refractivity contribution in [3.05, 3.63) is 35.4 Å². The van der Waals surface area contributed by atoms with Gasteiger partial charge in [0.1, 0.15) is 12.1 Å². The smallest absolute Gasteiger partial charge is 0.326 e. The third-order valence-electron chi connectivity index (χ3n) is 5.52. The van der Waals surface area contributed by atoms with E-state index in [-0.39, 0.29) is 23.8 Å². The van der Waals surface area contributed by atoms with Crippen molar-refractivity contribution >= 4 is 30.4 Å². The number of aliphatic carboxylic acids is 1. The number of amides is 2. The number of hydrogen-bond donors (Lipinski definition) is 3. The lowest BCUT2D eigenvalue weighted by Crippen LogP contribution is -2.56. The van der Waals surface area contributed by atoms with Gasteiger partial charge in [-0.2, -0.15) is 12.6 Å². The first kappa shape index (κ1) is 23.3. The number of hydrogen-bond acceptors (Lipinski definition) is 4. The Labute approximate surface area is 178 Å². The summed E-state index contributed by atoms with van der Waals surface area (Å²) in [5, 5.41) is 12.0. The zero-order valence-corrected chi connectivity index (χ0v) is 18.5.